The molecule has 1 amide bonds. The zero-order chi connectivity index (χ0) is 21.4. The van der Waals surface area contributed by atoms with Crippen LogP contribution in [0.2, 0.25) is 0 Å². The van der Waals surface area contributed by atoms with Gasteiger partial charge in [0.1, 0.15) is 5.58 Å². The third-order valence-electron chi connectivity index (χ3n) is 6.22. The number of hydrogen-bond acceptors (Lipinski definition) is 5. The topological polar surface area (TPSA) is 105 Å². The maximum absolute atomic E-state index is 11.3. The van der Waals surface area contributed by atoms with Crippen LogP contribution in [0.15, 0.2) is 53.1 Å². The second-order valence-electron chi connectivity index (χ2n) is 8.21. The van der Waals surface area contributed by atoms with Crippen molar-refractivity contribution >= 4 is 39.2 Å². The van der Waals surface area contributed by atoms with Gasteiger partial charge in [-0.15, -0.1) is 0 Å². The minimum absolute atomic E-state index is 0.203. The lowest BCUT2D eigenvalue weighted by Crippen LogP contribution is -2.46. The lowest BCUT2D eigenvalue weighted by molar-refractivity contribution is 0.0976. The number of H-pyrrole nitrogens is 1. The van der Waals surface area contributed by atoms with Crippen LogP contribution >= 0.6 is 0 Å². The van der Waals surface area contributed by atoms with Gasteiger partial charge in [0.2, 0.25) is 0 Å². The van der Waals surface area contributed by atoms with E-state index in [1.54, 1.807) is 6.07 Å². The van der Waals surface area contributed by atoms with E-state index < -0.39 is 5.91 Å². The fourth-order valence-corrected chi connectivity index (χ4v) is 4.57. The molecule has 0 radical (unpaired) electrons. The summed E-state index contributed by atoms with van der Waals surface area (Å²) >= 11 is 0. The van der Waals surface area contributed by atoms with Crippen molar-refractivity contribution in [2.45, 2.75) is 12.8 Å². The van der Waals surface area contributed by atoms with Crippen molar-refractivity contribution in [1.82, 2.24) is 9.88 Å². The molecule has 0 atom stereocenters. The van der Waals surface area contributed by atoms with Gasteiger partial charge in [0.15, 0.2) is 5.76 Å². The molecule has 7 nitrogen and oxygen atoms in total. The molecule has 0 aliphatic carbocycles. The number of piperazine rings is 1. The maximum Gasteiger partial charge on any atom is 0.284 e. The van der Waals surface area contributed by atoms with E-state index in [9.17, 15) is 4.79 Å². The molecule has 0 spiro atoms. The monoisotopic (exact) mass is 417 g/mol. The normalized spacial score (nSPS) is 15.2. The van der Waals surface area contributed by atoms with Crippen LogP contribution in [-0.2, 0) is 6.42 Å². The summed E-state index contributed by atoms with van der Waals surface area (Å²) in [6.07, 6.45) is 4.02. The Kier molecular flexibility index (Phi) is 5.03. The molecular formula is C24H27N5O2. The Morgan fingerprint density at radius 3 is 2.74 bits per heavy atom. The predicted molar refractivity (Wildman–Crippen MR) is 124 cm³/mol. The second kappa shape index (κ2) is 8.00. The van der Waals surface area contributed by atoms with Crippen LogP contribution in [0, 0.1) is 0 Å². The van der Waals surface area contributed by atoms with Gasteiger partial charge in [0, 0.05) is 54.4 Å². The van der Waals surface area contributed by atoms with Gasteiger partial charge in [0.25, 0.3) is 5.91 Å². The molecule has 1 aliphatic heterocycles. The van der Waals surface area contributed by atoms with Crippen LogP contribution < -0.4 is 16.4 Å². The number of aromatic amines is 1. The number of carbonyl (C=O) groups excluding carboxylic acids is 1. The zero-order valence-electron chi connectivity index (χ0n) is 17.4. The summed E-state index contributed by atoms with van der Waals surface area (Å²) in [5.74, 6) is -0.337. The maximum atomic E-state index is 11.3. The standard InChI is InChI=1S/C24H27N5O2/c25-19-15-27-20-5-1-3-16(23(19)20)4-2-8-28-9-11-29(12-10-28)18-6-7-21-17(13-18)14-22(31-21)24(26)30/h1,3,5-7,13-15,27H,2,4,8-12,25H2,(H2,26,30). The first-order valence-corrected chi connectivity index (χ1v) is 10.7. The van der Waals surface area contributed by atoms with Crippen LogP contribution in [0.1, 0.15) is 22.5 Å². The summed E-state index contributed by atoms with van der Waals surface area (Å²) in [5.41, 5.74) is 16.6. The van der Waals surface area contributed by atoms with Crippen molar-refractivity contribution in [1.29, 1.82) is 0 Å². The molecule has 0 bridgehead atoms. The highest BCUT2D eigenvalue weighted by molar-refractivity contribution is 5.96. The van der Waals surface area contributed by atoms with E-state index in [1.165, 1.54) is 10.9 Å². The third kappa shape index (κ3) is 3.84. The van der Waals surface area contributed by atoms with E-state index in [1.807, 2.05) is 18.3 Å². The average molecular weight is 418 g/mol. The van der Waals surface area contributed by atoms with Gasteiger partial charge < -0.3 is 25.8 Å². The number of amides is 1. The van der Waals surface area contributed by atoms with Crippen LogP contribution in [0.25, 0.3) is 21.9 Å². The highest BCUT2D eigenvalue weighted by atomic mass is 16.3. The SMILES string of the molecule is NC(=O)c1cc2cc(N3CCN(CCCc4cccc5[nH]cc(N)c45)CC3)ccc2o1. The van der Waals surface area contributed by atoms with E-state index in [-0.39, 0.29) is 5.76 Å². The van der Waals surface area contributed by atoms with Crippen LogP contribution in [0.4, 0.5) is 11.4 Å². The van der Waals surface area contributed by atoms with Gasteiger partial charge in [-0.25, -0.2) is 0 Å². The number of hydrogen-bond donors (Lipinski definition) is 3. The molecule has 160 valence electrons. The molecule has 2 aromatic carbocycles. The number of aromatic nitrogens is 1. The number of primary amides is 1. The molecule has 0 unspecified atom stereocenters. The quantitative estimate of drug-likeness (QED) is 0.446. The van der Waals surface area contributed by atoms with Crippen molar-refractivity contribution in [2.24, 2.45) is 5.73 Å². The zero-order valence-corrected chi connectivity index (χ0v) is 17.4. The minimum Gasteiger partial charge on any atom is -0.451 e. The molecule has 5 rings (SSSR count). The minimum atomic E-state index is -0.540. The Morgan fingerprint density at radius 1 is 1.10 bits per heavy atom. The van der Waals surface area contributed by atoms with Crippen LogP contribution in [0.5, 0.6) is 0 Å². The number of rotatable bonds is 6. The Balaban J connectivity index is 1.16. The van der Waals surface area contributed by atoms with Crippen molar-refractivity contribution < 1.29 is 9.21 Å². The predicted octanol–water partition coefficient (Wildman–Crippen LogP) is 3.35. The molecule has 3 heterocycles. The summed E-state index contributed by atoms with van der Waals surface area (Å²) in [6.45, 7) is 5.11. The van der Waals surface area contributed by atoms with E-state index in [4.69, 9.17) is 15.9 Å². The van der Waals surface area contributed by atoms with Crippen LogP contribution in [-0.4, -0.2) is 48.5 Å². The van der Waals surface area contributed by atoms with Crippen molar-refractivity contribution in [3.05, 3.63) is 60.0 Å². The van der Waals surface area contributed by atoms with Gasteiger partial charge >= 0.3 is 0 Å². The van der Waals surface area contributed by atoms with Gasteiger partial charge in [-0.05, 0) is 55.3 Å². The fraction of sp³-hybridized carbons (Fsp3) is 0.292. The molecule has 1 saturated heterocycles. The van der Waals surface area contributed by atoms with E-state index in [0.717, 1.165) is 67.8 Å². The largest absolute Gasteiger partial charge is 0.451 e. The van der Waals surface area contributed by atoms with Crippen molar-refractivity contribution in [3.8, 4) is 0 Å². The second-order valence-corrected chi connectivity index (χ2v) is 8.21. The third-order valence-corrected chi connectivity index (χ3v) is 6.22. The summed E-state index contributed by atoms with van der Waals surface area (Å²) in [5, 5.41) is 2.08. The molecule has 7 heteroatoms. The van der Waals surface area contributed by atoms with E-state index in [2.05, 4.69) is 39.0 Å². The summed E-state index contributed by atoms with van der Waals surface area (Å²) in [4.78, 5) is 19.5. The Bertz CT molecular complexity index is 1230. The molecular weight excluding hydrogens is 390 g/mol. The van der Waals surface area contributed by atoms with Gasteiger partial charge in [-0.2, -0.15) is 0 Å². The van der Waals surface area contributed by atoms with Crippen molar-refractivity contribution in [3.63, 3.8) is 0 Å². The van der Waals surface area contributed by atoms with Gasteiger partial charge in [-0.3, -0.25) is 9.69 Å². The number of nitrogens with one attached hydrogen (secondary N) is 1. The summed E-state index contributed by atoms with van der Waals surface area (Å²) in [7, 11) is 0. The molecule has 0 saturated carbocycles. The number of anilines is 2. The molecule has 1 aliphatic rings. The summed E-state index contributed by atoms with van der Waals surface area (Å²) < 4.78 is 5.49. The van der Waals surface area contributed by atoms with Crippen molar-refractivity contribution in [2.75, 3.05) is 43.4 Å². The number of furan rings is 1. The van der Waals surface area contributed by atoms with E-state index in [0.29, 0.717) is 5.58 Å². The van der Waals surface area contributed by atoms with Crippen LogP contribution in [0.3, 0.4) is 0 Å². The highest BCUT2D eigenvalue weighted by Crippen LogP contribution is 2.27. The number of carbonyl (C=O) groups is 1. The lowest BCUT2D eigenvalue weighted by Gasteiger charge is -2.36. The average Bonchev–Trinajstić information content (AvgIpc) is 3.38. The van der Waals surface area contributed by atoms with E-state index >= 15 is 0 Å². The molecule has 31 heavy (non-hydrogen) atoms. The first kappa shape index (κ1) is 19.5. The molecule has 5 N–H and O–H groups in total. The number of benzene rings is 2. The Morgan fingerprint density at radius 2 is 1.94 bits per heavy atom. The first-order chi connectivity index (χ1) is 15.1. The molecule has 4 aromatic rings. The number of nitrogen functional groups attached to an aromatic ring is 1. The first-order valence-electron chi connectivity index (χ1n) is 10.7. The number of nitrogens with zero attached hydrogens (tertiary/aromatic N) is 2. The van der Waals surface area contributed by atoms with Gasteiger partial charge in [-0.1, -0.05) is 12.1 Å². The fourth-order valence-electron chi connectivity index (χ4n) is 4.57. The molecule has 2 aromatic heterocycles. The number of fused-ring (bicyclic) bond motifs is 2. The number of nitrogens with two attached hydrogens (primary N) is 2. The molecule has 1 fully saturated rings. The Labute approximate surface area is 180 Å². The lowest BCUT2D eigenvalue weighted by atomic mass is 10.0. The Hall–Kier alpha value is -3.45. The highest BCUT2D eigenvalue weighted by Gasteiger charge is 2.18. The van der Waals surface area contributed by atoms with Gasteiger partial charge in [0.05, 0.1) is 5.69 Å². The smallest absolute Gasteiger partial charge is 0.284 e. The number of aryl methyl sites for hydroxylation is 1. The summed E-state index contributed by atoms with van der Waals surface area (Å²) in [6, 6.07) is 14.1.